The predicted molar refractivity (Wildman–Crippen MR) is 101 cm³/mol. The molecule has 0 unspecified atom stereocenters. The fraction of sp³-hybridized carbons (Fsp3) is 0.500. The van der Waals surface area contributed by atoms with Crippen LogP contribution in [-0.4, -0.2) is 39.8 Å². The molecule has 2 aromatic rings. The second-order valence-electron chi connectivity index (χ2n) is 6.77. The third-order valence-electron chi connectivity index (χ3n) is 4.62. The van der Waals surface area contributed by atoms with E-state index in [4.69, 9.17) is 4.74 Å². The highest BCUT2D eigenvalue weighted by Gasteiger charge is 2.19. The van der Waals surface area contributed by atoms with Gasteiger partial charge in [0.25, 0.3) is 5.91 Å². The van der Waals surface area contributed by atoms with Crippen LogP contribution in [0.4, 0.5) is 0 Å². The molecule has 1 N–H and O–H groups in total. The van der Waals surface area contributed by atoms with Gasteiger partial charge in [0, 0.05) is 13.1 Å². The number of carbonyl (C=O) groups excluding carboxylic acids is 1. The maximum atomic E-state index is 12.3. The lowest BCUT2D eigenvalue weighted by Gasteiger charge is -2.27. The Morgan fingerprint density at radius 2 is 2.12 bits per heavy atom. The van der Waals surface area contributed by atoms with Gasteiger partial charge < -0.3 is 10.1 Å². The van der Waals surface area contributed by atoms with Crippen LogP contribution in [0.25, 0.3) is 0 Å². The van der Waals surface area contributed by atoms with Crippen LogP contribution in [0.1, 0.15) is 38.1 Å². The van der Waals surface area contributed by atoms with Crippen LogP contribution in [0.3, 0.4) is 0 Å². The van der Waals surface area contributed by atoms with Crippen molar-refractivity contribution in [1.82, 2.24) is 20.0 Å². The van der Waals surface area contributed by atoms with Gasteiger partial charge in [-0.1, -0.05) is 31.5 Å². The average molecular weight is 356 g/mol. The van der Waals surface area contributed by atoms with Crippen molar-refractivity contribution in [3.05, 3.63) is 47.8 Å². The van der Waals surface area contributed by atoms with Gasteiger partial charge in [-0.25, -0.2) is 0 Å². The Labute approximate surface area is 155 Å². The molecule has 0 bridgehead atoms. The van der Waals surface area contributed by atoms with Crippen molar-refractivity contribution >= 4 is 5.91 Å². The molecule has 1 aromatic heterocycles. The van der Waals surface area contributed by atoms with Crippen molar-refractivity contribution in [2.45, 2.75) is 52.4 Å². The normalized spacial score (nSPS) is 15.3. The van der Waals surface area contributed by atoms with Crippen molar-refractivity contribution in [2.75, 3.05) is 13.1 Å². The van der Waals surface area contributed by atoms with E-state index >= 15 is 0 Å². The lowest BCUT2D eigenvalue weighted by Crippen LogP contribution is -2.36. The first-order chi connectivity index (χ1) is 12.7. The minimum atomic E-state index is -0.542. The monoisotopic (exact) mass is 356 g/mol. The van der Waals surface area contributed by atoms with E-state index in [1.165, 1.54) is 18.5 Å². The van der Waals surface area contributed by atoms with E-state index in [1.807, 2.05) is 30.3 Å². The average Bonchev–Trinajstić information content (AvgIpc) is 3.07. The maximum Gasteiger partial charge on any atom is 0.261 e. The fourth-order valence-electron chi connectivity index (χ4n) is 3.12. The summed E-state index contributed by atoms with van der Waals surface area (Å²) < 4.78 is 7.72. The van der Waals surface area contributed by atoms with E-state index in [1.54, 1.807) is 6.92 Å². The second-order valence-corrected chi connectivity index (χ2v) is 6.77. The highest BCUT2D eigenvalue weighted by atomic mass is 16.5. The fourth-order valence-corrected chi connectivity index (χ4v) is 3.12. The van der Waals surface area contributed by atoms with Crippen LogP contribution in [0, 0.1) is 0 Å². The number of nitrogens with one attached hydrogen (secondary N) is 1. The Bertz CT molecular complexity index is 714. The lowest BCUT2D eigenvalue weighted by molar-refractivity contribution is -0.127. The number of amides is 1. The topological polar surface area (TPSA) is 59.4 Å². The standard InChI is InChI=1S/C20H28N4O2/c1-3-4-10-23-11-12-24-18(15-23)13-17(22-24)14-21-20(25)16(2)26-19-8-6-5-7-9-19/h5-9,13,16H,3-4,10-12,14-15H2,1-2H3,(H,21,25)/t16-/m1/s1. The molecule has 1 aliphatic rings. The van der Waals surface area contributed by atoms with Crippen molar-refractivity contribution < 1.29 is 9.53 Å². The first-order valence-corrected chi connectivity index (χ1v) is 9.43. The third-order valence-corrected chi connectivity index (χ3v) is 4.62. The van der Waals surface area contributed by atoms with Gasteiger partial charge in [-0.2, -0.15) is 5.10 Å². The number of rotatable bonds is 8. The summed E-state index contributed by atoms with van der Waals surface area (Å²) in [6.45, 7) is 8.44. The quantitative estimate of drug-likeness (QED) is 0.790. The number of benzene rings is 1. The summed E-state index contributed by atoms with van der Waals surface area (Å²) in [7, 11) is 0. The van der Waals surface area contributed by atoms with Crippen LogP contribution >= 0.6 is 0 Å². The molecule has 3 rings (SSSR count). The number of nitrogens with zero attached hydrogens (tertiary/aromatic N) is 3. The molecule has 0 aliphatic carbocycles. The van der Waals surface area contributed by atoms with Gasteiger partial charge in [0.05, 0.1) is 24.5 Å². The van der Waals surface area contributed by atoms with Gasteiger partial charge in [-0.05, 0) is 38.1 Å². The van der Waals surface area contributed by atoms with Crippen LogP contribution in [-0.2, 0) is 24.4 Å². The van der Waals surface area contributed by atoms with Crippen molar-refractivity contribution in [1.29, 1.82) is 0 Å². The van der Waals surface area contributed by atoms with Gasteiger partial charge in [0.15, 0.2) is 6.10 Å². The predicted octanol–water partition coefficient (Wildman–Crippen LogP) is 2.58. The van der Waals surface area contributed by atoms with Crippen LogP contribution in [0.5, 0.6) is 5.75 Å². The smallest absolute Gasteiger partial charge is 0.261 e. The largest absolute Gasteiger partial charge is 0.481 e. The van der Waals surface area contributed by atoms with Crippen LogP contribution in [0.2, 0.25) is 0 Å². The number of hydrogen-bond acceptors (Lipinski definition) is 4. The summed E-state index contributed by atoms with van der Waals surface area (Å²) in [5.74, 6) is 0.559. The summed E-state index contributed by atoms with van der Waals surface area (Å²) in [6.07, 6.45) is 1.91. The summed E-state index contributed by atoms with van der Waals surface area (Å²) in [4.78, 5) is 14.7. The Balaban J connectivity index is 1.49. The number of aromatic nitrogens is 2. The Kier molecular flexibility index (Phi) is 6.28. The number of ether oxygens (including phenoxy) is 1. The van der Waals surface area contributed by atoms with Crippen LogP contribution < -0.4 is 10.1 Å². The molecule has 1 aliphatic heterocycles. The number of unbranched alkanes of at least 4 members (excludes halogenated alkanes) is 1. The lowest BCUT2D eigenvalue weighted by atomic mass is 10.2. The molecular formula is C20H28N4O2. The zero-order valence-electron chi connectivity index (χ0n) is 15.6. The first-order valence-electron chi connectivity index (χ1n) is 9.43. The molecule has 0 spiro atoms. The third kappa shape index (κ3) is 4.85. The Morgan fingerprint density at radius 3 is 2.88 bits per heavy atom. The Hall–Kier alpha value is -2.34. The molecular weight excluding hydrogens is 328 g/mol. The number of carbonyl (C=O) groups is 1. The first kappa shape index (κ1) is 18.5. The highest BCUT2D eigenvalue weighted by Crippen LogP contribution is 2.15. The molecule has 6 heteroatoms. The van der Waals surface area contributed by atoms with E-state index in [0.29, 0.717) is 12.3 Å². The molecule has 0 fully saturated rings. The summed E-state index contributed by atoms with van der Waals surface area (Å²) in [6, 6.07) is 11.5. The van der Waals surface area contributed by atoms with E-state index in [2.05, 4.69) is 33.0 Å². The maximum absolute atomic E-state index is 12.3. The molecule has 0 saturated heterocycles. The summed E-state index contributed by atoms with van der Waals surface area (Å²) in [5.41, 5.74) is 2.13. The van der Waals surface area contributed by atoms with E-state index < -0.39 is 6.10 Å². The molecule has 0 radical (unpaired) electrons. The number of fused-ring (bicyclic) bond motifs is 1. The molecule has 2 heterocycles. The molecule has 6 nitrogen and oxygen atoms in total. The summed E-state index contributed by atoms with van der Waals surface area (Å²) >= 11 is 0. The van der Waals surface area contributed by atoms with E-state index in [-0.39, 0.29) is 5.91 Å². The second kappa shape index (κ2) is 8.85. The zero-order valence-corrected chi connectivity index (χ0v) is 15.6. The molecule has 1 amide bonds. The van der Waals surface area contributed by atoms with Gasteiger partial charge in [-0.15, -0.1) is 0 Å². The number of hydrogen-bond donors (Lipinski definition) is 1. The molecule has 0 saturated carbocycles. The van der Waals surface area contributed by atoms with Crippen molar-refractivity contribution in [3.8, 4) is 5.75 Å². The van der Waals surface area contributed by atoms with Gasteiger partial charge >= 0.3 is 0 Å². The van der Waals surface area contributed by atoms with E-state index in [9.17, 15) is 4.79 Å². The molecule has 26 heavy (non-hydrogen) atoms. The van der Waals surface area contributed by atoms with E-state index in [0.717, 1.165) is 31.9 Å². The van der Waals surface area contributed by atoms with Gasteiger partial charge in [0.2, 0.25) is 0 Å². The van der Waals surface area contributed by atoms with Gasteiger partial charge in [0.1, 0.15) is 5.75 Å². The minimum Gasteiger partial charge on any atom is -0.481 e. The molecule has 1 aromatic carbocycles. The van der Waals surface area contributed by atoms with Crippen molar-refractivity contribution in [3.63, 3.8) is 0 Å². The van der Waals surface area contributed by atoms with Crippen LogP contribution in [0.15, 0.2) is 36.4 Å². The number of para-hydroxylation sites is 1. The SMILES string of the molecule is CCCCN1CCn2nc(CNC(=O)[C@@H](C)Oc3ccccc3)cc2C1. The van der Waals surface area contributed by atoms with Crippen molar-refractivity contribution in [2.24, 2.45) is 0 Å². The zero-order chi connectivity index (χ0) is 18.4. The highest BCUT2D eigenvalue weighted by molar-refractivity contribution is 5.80. The molecule has 140 valence electrons. The minimum absolute atomic E-state index is 0.135. The molecule has 1 atom stereocenters. The van der Waals surface area contributed by atoms with Gasteiger partial charge in [-0.3, -0.25) is 14.4 Å². The summed E-state index contributed by atoms with van der Waals surface area (Å²) in [5, 5.41) is 7.54. The Morgan fingerprint density at radius 1 is 1.31 bits per heavy atom.